The summed E-state index contributed by atoms with van der Waals surface area (Å²) in [6, 6.07) is 0. The van der Waals surface area contributed by atoms with Crippen molar-refractivity contribution >= 4 is 0 Å². The minimum absolute atomic E-state index is 0.746. The summed E-state index contributed by atoms with van der Waals surface area (Å²) in [5.41, 5.74) is 1.55. The van der Waals surface area contributed by atoms with Crippen molar-refractivity contribution in [3.63, 3.8) is 0 Å². The normalized spacial score (nSPS) is 28.7. The van der Waals surface area contributed by atoms with E-state index in [4.69, 9.17) is 0 Å². The van der Waals surface area contributed by atoms with Gasteiger partial charge in [0, 0.05) is 0 Å². The van der Waals surface area contributed by atoms with Crippen LogP contribution in [0.4, 0.5) is 0 Å². The first-order valence-corrected chi connectivity index (χ1v) is 6.85. The van der Waals surface area contributed by atoms with E-state index in [1.807, 2.05) is 0 Å². The van der Waals surface area contributed by atoms with Gasteiger partial charge in [-0.3, -0.25) is 0 Å². The molecule has 0 nitrogen and oxygen atoms in total. The van der Waals surface area contributed by atoms with Gasteiger partial charge in [0.25, 0.3) is 0 Å². The average Bonchev–Trinajstić information content (AvgIpc) is 2.25. The predicted molar refractivity (Wildman–Crippen MR) is 69.0 cm³/mol. The molecule has 3 atom stereocenters. The lowest BCUT2D eigenvalue weighted by molar-refractivity contribution is 0.274. The summed E-state index contributed by atoms with van der Waals surface area (Å²) in [6.45, 7) is 11.5. The fourth-order valence-electron chi connectivity index (χ4n) is 2.93. The number of rotatable bonds is 5. The molecule has 2 unspecified atom stereocenters. The van der Waals surface area contributed by atoms with E-state index in [-0.39, 0.29) is 0 Å². The monoisotopic (exact) mass is 208 g/mol. The first-order valence-electron chi connectivity index (χ1n) is 6.85. The number of allylic oxidation sites excluding steroid dienone is 1. The Hall–Kier alpha value is -0.260. The van der Waals surface area contributed by atoms with E-state index in [1.165, 1.54) is 44.9 Å². The van der Waals surface area contributed by atoms with Gasteiger partial charge in [-0.05, 0) is 30.6 Å². The first-order chi connectivity index (χ1) is 7.16. The predicted octanol–water partition coefficient (Wildman–Crippen LogP) is 5.20. The Morgan fingerprint density at radius 3 is 2.60 bits per heavy atom. The van der Waals surface area contributed by atoms with Crippen LogP contribution in [0.25, 0.3) is 0 Å². The summed E-state index contributed by atoms with van der Waals surface area (Å²) in [4.78, 5) is 0. The second-order valence-electron chi connectivity index (χ2n) is 5.49. The number of hydrogen-bond donors (Lipinski definition) is 0. The molecule has 0 saturated heterocycles. The molecule has 0 aromatic rings. The quantitative estimate of drug-likeness (QED) is 0.545. The summed E-state index contributed by atoms with van der Waals surface area (Å²) in [7, 11) is 0. The van der Waals surface area contributed by atoms with Crippen molar-refractivity contribution in [2.75, 3.05) is 0 Å². The van der Waals surface area contributed by atoms with Crippen molar-refractivity contribution in [1.82, 2.24) is 0 Å². The summed E-state index contributed by atoms with van der Waals surface area (Å²) < 4.78 is 0. The summed E-state index contributed by atoms with van der Waals surface area (Å²) in [6.07, 6.45) is 9.71. The molecule has 1 saturated carbocycles. The second kappa shape index (κ2) is 6.35. The average molecular weight is 208 g/mol. The molecule has 0 aromatic heterocycles. The van der Waals surface area contributed by atoms with Crippen LogP contribution in [-0.4, -0.2) is 0 Å². The smallest absolute Gasteiger partial charge is 0.0178 e. The van der Waals surface area contributed by atoms with Crippen LogP contribution in [0.15, 0.2) is 12.2 Å². The fourth-order valence-corrected chi connectivity index (χ4v) is 2.93. The molecule has 1 aliphatic rings. The molecule has 15 heavy (non-hydrogen) atoms. The van der Waals surface area contributed by atoms with Gasteiger partial charge in [-0.1, -0.05) is 65.0 Å². The summed E-state index contributed by atoms with van der Waals surface area (Å²) in [5, 5.41) is 0. The molecule has 0 aromatic carbocycles. The van der Waals surface area contributed by atoms with Gasteiger partial charge in [-0.2, -0.15) is 0 Å². The van der Waals surface area contributed by atoms with Crippen molar-refractivity contribution in [3.05, 3.63) is 12.2 Å². The van der Waals surface area contributed by atoms with Crippen molar-refractivity contribution in [3.8, 4) is 0 Å². The third kappa shape index (κ3) is 3.66. The van der Waals surface area contributed by atoms with Crippen molar-refractivity contribution in [1.29, 1.82) is 0 Å². The standard InChI is InChI=1S/C15H28/c1-5-6-9-12(2)14(4)15-11-8-7-10-13(15)3/h12-13,15H,4-11H2,1-3H3/t12?,13-,15?/m0/s1. The topological polar surface area (TPSA) is 0 Å². The lowest BCUT2D eigenvalue weighted by atomic mass is 9.73. The zero-order chi connectivity index (χ0) is 11.3. The van der Waals surface area contributed by atoms with Crippen molar-refractivity contribution < 1.29 is 0 Å². The molecular weight excluding hydrogens is 180 g/mol. The molecular formula is C15H28. The molecule has 0 radical (unpaired) electrons. The molecule has 1 aliphatic carbocycles. The molecule has 88 valence electrons. The van der Waals surface area contributed by atoms with Crippen molar-refractivity contribution in [2.24, 2.45) is 17.8 Å². The largest absolute Gasteiger partial charge is 0.0993 e. The molecule has 0 amide bonds. The Kier molecular flexibility index (Phi) is 5.42. The zero-order valence-electron chi connectivity index (χ0n) is 10.9. The third-order valence-corrected chi connectivity index (χ3v) is 4.21. The van der Waals surface area contributed by atoms with E-state index >= 15 is 0 Å². The van der Waals surface area contributed by atoms with E-state index in [9.17, 15) is 0 Å². The van der Waals surface area contributed by atoms with Crippen LogP contribution >= 0.6 is 0 Å². The van der Waals surface area contributed by atoms with E-state index in [0.29, 0.717) is 0 Å². The van der Waals surface area contributed by atoms with Crippen LogP contribution in [0.3, 0.4) is 0 Å². The van der Waals surface area contributed by atoms with E-state index < -0.39 is 0 Å². The molecule has 0 heterocycles. The minimum atomic E-state index is 0.746. The van der Waals surface area contributed by atoms with E-state index in [2.05, 4.69) is 27.4 Å². The lowest BCUT2D eigenvalue weighted by Gasteiger charge is -2.33. The summed E-state index contributed by atoms with van der Waals surface area (Å²) in [5.74, 6) is 2.46. The lowest BCUT2D eigenvalue weighted by Crippen LogP contribution is -2.21. The second-order valence-corrected chi connectivity index (χ2v) is 5.49. The molecule has 1 fully saturated rings. The van der Waals surface area contributed by atoms with Gasteiger partial charge in [0.05, 0.1) is 0 Å². The van der Waals surface area contributed by atoms with Gasteiger partial charge < -0.3 is 0 Å². The van der Waals surface area contributed by atoms with Crippen LogP contribution in [0.5, 0.6) is 0 Å². The van der Waals surface area contributed by atoms with Gasteiger partial charge in [0.1, 0.15) is 0 Å². The highest BCUT2D eigenvalue weighted by atomic mass is 14.3. The minimum Gasteiger partial charge on any atom is -0.0993 e. The Labute approximate surface area is 96.2 Å². The van der Waals surface area contributed by atoms with Gasteiger partial charge >= 0.3 is 0 Å². The molecule has 0 spiro atoms. The number of hydrogen-bond acceptors (Lipinski definition) is 0. The van der Waals surface area contributed by atoms with Crippen LogP contribution in [0.1, 0.15) is 65.7 Å². The van der Waals surface area contributed by atoms with E-state index in [1.54, 1.807) is 5.57 Å². The maximum absolute atomic E-state index is 4.38. The summed E-state index contributed by atoms with van der Waals surface area (Å²) >= 11 is 0. The first kappa shape index (κ1) is 12.8. The highest BCUT2D eigenvalue weighted by Gasteiger charge is 2.25. The van der Waals surface area contributed by atoms with Crippen LogP contribution in [0, 0.1) is 17.8 Å². The third-order valence-electron chi connectivity index (χ3n) is 4.21. The fraction of sp³-hybridized carbons (Fsp3) is 0.867. The maximum Gasteiger partial charge on any atom is -0.0178 e. The Morgan fingerprint density at radius 2 is 2.00 bits per heavy atom. The maximum atomic E-state index is 4.38. The van der Waals surface area contributed by atoms with Gasteiger partial charge in [-0.25, -0.2) is 0 Å². The zero-order valence-corrected chi connectivity index (χ0v) is 10.9. The Balaban J connectivity index is 2.43. The van der Waals surface area contributed by atoms with Gasteiger partial charge in [-0.15, -0.1) is 0 Å². The highest BCUT2D eigenvalue weighted by Crippen LogP contribution is 2.37. The van der Waals surface area contributed by atoms with Gasteiger partial charge in [0.15, 0.2) is 0 Å². The molecule has 0 heteroatoms. The van der Waals surface area contributed by atoms with Crippen molar-refractivity contribution in [2.45, 2.75) is 65.7 Å². The van der Waals surface area contributed by atoms with Crippen LogP contribution in [0.2, 0.25) is 0 Å². The Bertz CT molecular complexity index is 192. The Morgan fingerprint density at radius 1 is 1.33 bits per heavy atom. The highest BCUT2D eigenvalue weighted by molar-refractivity contribution is 5.07. The molecule has 0 bridgehead atoms. The van der Waals surface area contributed by atoms with Gasteiger partial charge in [0.2, 0.25) is 0 Å². The van der Waals surface area contributed by atoms with Crippen LogP contribution < -0.4 is 0 Å². The van der Waals surface area contributed by atoms with Crippen LogP contribution in [-0.2, 0) is 0 Å². The number of unbranched alkanes of at least 4 members (excludes halogenated alkanes) is 1. The molecule has 1 rings (SSSR count). The molecule has 0 aliphatic heterocycles. The van der Waals surface area contributed by atoms with E-state index in [0.717, 1.165) is 17.8 Å². The SMILES string of the molecule is C=C(C(C)CCCC)C1CCCC[C@@H]1C. The molecule has 0 N–H and O–H groups in total.